The van der Waals surface area contributed by atoms with Gasteiger partial charge in [-0.15, -0.1) is 0 Å². The van der Waals surface area contributed by atoms with E-state index in [9.17, 15) is 8.42 Å². The largest absolute Gasteiger partial charge is 0.490 e. The number of rotatable bonds is 9. The van der Waals surface area contributed by atoms with Crippen LogP contribution >= 0.6 is 11.6 Å². The Morgan fingerprint density at radius 2 is 1.68 bits per heavy atom. The van der Waals surface area contributed by atoms with Crippen molar-refractivity contribution in [2.45, 2.75) is 25.2 Å². The molecule has 0 atom stereocenters. The number of sulfonamides is 1. The SMILES string of the molecule is CCOc1ccc(CCNS(=O)(=O)c2ccccc2Cl)cc1OCC. The highest BCUT2D eigenvalue weighted by Gasteiger charge is 2.16. The molecule has 2 aromatic rings. The Morgan fingerprint density at radius 3 is 2.36 bits per heavy atom. The molecule has 0 amide bonds. The van der Waals surface area contributed by atoms with Crippen molar-refractivity contribution in [2.24, 2.45) is 0 Å². The van der Waals surface area contributed by atoms with Crippen LogP contribution in [0.5, 0.6) is 11.5 Å². The molecule has 0 spiro atoms. The van der Waals surface area contributed by atoms with Crippen LogP contribution in [0.3, 0.4) is 0 Å². The molecule has 0 unspecified atom stereocenters. The highest BCUT2D eigenvalue weighted by Crippen LogP contribution is 2.28. The summed E-state index contributed by atoms with van der Waals surface area (Å²) in [5.74, 6) is 1.35. The van der Waals surface area contributed by atoms with E-state index in [0.29, 0.717) is 31.1 Å². The highest BCUT2D eigenvalue weighted by molar-refractivity contribution is 7.89. The van der Waals surface area contributed by atoms with Gasteiger partial charge in [0, 0.05) is 6.54 Å². The Morgan fingerprint density at radius 1 is 1.00 bits per heavy atom. The Kier molecular flexibility index (Phi) is 7.11. The fourth-order valence-electron chi connectivity index (χ4n) is 2.32. The number of hydrogen-bond acceptors (Lipinski definition) is 4. The Bertz CT molecular complexity index is 808. The number of benzene rings is 2. The van der Waals surface area contributed by atoms with Gasteiger partial charge >= 0.3 is 0 Å². The van der Waals surface area contributed by atoms with Gasteiger partial charge in [-0.05, 0) is 50.1 Å². The first-order valence-electron chi connectivity index (χ1n) is 8.10. The number of ether oxygens (including phenoxy) is 2. The van der Waals surface area contributed by atoms with Crippen LogP contribution in [0.1, 0.15) is 19.4 Å². The molecular weight excluding hydrogens is 362 g/mol. The van der Waals surface area contributed by atoms with E-state index in [0.717, 1.165) is 5.56 Å². The summed E-state index contributed by atoms with van der Waals surface area (Å²) < 4.78 is 38.3. The van der Waals surface area contributed by atoms with Gasteiger partial charge in [0.1, 0.15) is 4.90 Å². The summed E-state index contributed by atoms with van der Waals surface area (Å²) in [4.78, 5) is 0.0818. The number of hydrogen-bond donors (Lipinski definition) is 1. The van der Waals surface area contributed by atoms with E-state index < -0.39 is 10.0 Å². The molecule has 2 rings (SSSR count). The molecule has 25 heavy (non-hydrogen) atoms. The summed E-state index contributed by atoms with van der Waals surface area (Å²) in [6.07, 6.45) is 0.524. The summed E-state index contributed by atoms with van der Waals surface area (Å²) in [6, 6.07) is 12.0. The maximum absolute atomic E-state index is 12.3. The summed E-state index contributed by atoms with van der Waals surface area (Å²) in [5.41, 5.74) is 0.953. The lowest BCUT2D eigenvalue weighted by molar-refractivity contribution is 0.287. The molecule has 0 heterocycles. The smallest absolute Gasteiger partial charge is 0.242 e. The van der Waals surface area contributed by atoms with E-state index in [-0.39, 0.29) is 16.5 Å². The van der Waals surface area contributed by atoms with E-state index in [1.165, 1.54) is 6.07 Å². The number of nitrogens with one attached hydrogen (secondary N) is 1. The van der Waals surface area contributed by atoms with Crippen LogP contribution < -0.4 is 14.2 Å². The first-order valence-corrected chi connectivity index (χ1v) is 9.96. The average molecular weight is 384 g/mol. The van der Waals surface area contributed by atoms with Crippen LogP contribution in [0.15, 0.2) is 47.4 Å². The Balaban J connectivity index is 2.04. The molecule has 0 aliphatic heterocycles. The van der Waals surface area contributed by atoms with Crippen LogP contribution in [-0.2, 0) is 16.4 Å². The second-order valence-corrected chi connectivity index (χ2v) is 7.37. The number of halogens is 1. The second-order valence-electron chi connectivity index (χ2n) is 5.23. The van der Waals surface area contributed by atoms with Gasteiger partial charge in [-0.1, -0.05) is 29.8 Å². The van der Waals surface area contributed by atoms with Crippen molar-refractivity contribution in [3.05, 3.63) is 53.1 Å². The lowest BCUT2D eigenvalue weighted by Crippen LogP contribution is -2.26. The van der Waals surface area contributed by atoms with Gasteiger partial charge in [0.05, 0.1) is 18.2 Å². The summed E-state index contributed by atoms with van der Waals surface area (Å²) in [5, 5.41) is 0.203. The molecule has 0 saturated heterocycles. The molecule has 2 aromatic carbocycles. The maximum Gasteiger partial charge on any atom is 0.242 e. The van der Waals surface area contributed by atoms with Crippen molar-refractivity contribution in [3.8, 4) is 11.5 Å². The quantitative estimate of drug-likeness (QED) is 0.717. The minimum atomic E-state index is -3.64. The van der Waals surface area contributed by atoms with Crippen LogP contribution in [0.2, 0.25) is 5.02 Å². The molecule has 0 fully saturated rings. The lowest BCUT2D eigenvalue weighted by Gasteiger charge is -2.13. The minimum absolute atomic E-state index is 0.0818. The normalized spacial score (nSPS) is 11.3. The fourth-order valence-corrected chi connectivity index (χ4v) is 3.87. The molecule has 0 saturated carbocycles. The second kappa shape index (κ2) is 9.08. The summed E-state index contributed by atoms with van der Waals surface area (Å²) in [7, 11) is -3.64. The topological polar surface area (TPSA) is 64.6 Å². The molecule has 5 nitrogen and oxygen atoms in total. The molecular formula is C18H22ClNO4S. The Labute approximate surface area is 154 Å². The predicted octanol–water partition coefficient (Wildman–Crippen LogP) is 3.66. The fraction of sp³-hybridized carbons (Fsp3) is 0.333. The van der Waals surface area contributed by atoms with Gasteiger partial charge in [0.25, 0.3) is 0 Å². The molecule has 0 aromatic heterocycles. The average Bonchev–Trinajstić information content (AvgIpc) is 2.57. The summed E-state index contributed by atoms with van der Waals surface area (Å²) >= 11 is 5.96. The van der Waals surface area contributed by atoms with Crippen LogP contribution in [0, 0.1) is 0 Å². The molecule has 0 aliphatic carbocycles. The van der Waals surface area contributed by atoms with Crippen molar-refractivity contribution in [2.75, 3.05) is 19.8 Å². The van der Waals surface area contributed by atoms with Crippen molar-refractivity contribution in [1.82, 2.24) is 4.72 Å². The minimum Gasteiger partial charge on any atom is -0.490 e. The monoisotopic (exact) mass is 383 g/mol. The van der Waals surface area contributed by atoms with Crippen LogP contribution in [0.25, 0.3) is 0 Å². The third-order valence-electron chi connectivity index (χ3n) is 3.44. The molecule has 1 N–H and O–H groups in total. The van der Waals surface area contributed by atoms with Gasteiger partial charge in [-0.3, -0.25) is 0 Å². The Hall–Kier alpha value is -1.76. The third-order valence-corrected chi connectivity index (χ3v) is 5.40. The van der Waals surface area contributed by atoms with E-state index in [2.05, 4.69) is 4.72 Å². The molecule has 0 radical (unpaired) electrons. The zero-order valence-corrected chi connectivity index (χ0v) is 15.9. The molecule has 136 valence electrons. The van der Waals surface area contributed by atoms with Gasteiger partial charge in [0.15, 0.2) is 11.5 Å². The van der Waals surface area contributed by atoms with Gasteiger partial charge in [0.2, 0.25) is 10.0 Å². The van der Waals surface area contributed by atoms with Crippen molar-refractivity contribution in [3.63, 3.8) is 0 Å². The standard InChI is InChI=1S/C18H22ClNO4S/c1-3-23-16-10-9-14(13-17(16)24-4-2)11-12-20-25(21,22)18-8-6-5-7-15(18)19/h5-10,13,20H,3-4,11-12H2,1-2H3. The lowest BCUT2D eigenvalue weighted by atomic mass is 10.1. The van der Waals surface area contributed by atoms with Gasteiger partial charge < -0.3 is 9.47 Å². The van der Waals surface area contributed by atoms with Crippen molar-refractivity contribution in [1.29, 1.82) is 0 Å². The molecule has 0 bridgehead atoms. The summed E-state index contributed by atoms with van der Waals surface area (Å²) in [6.45, 7) is 5.15. The first-order chi connectivity index (χ1) is 12.0. The highest BCUT2D eigenvalue weighted by atomic mass is 35.5. The van der Waals surface area contributed by atoms with Gasteiger partial charge in [-0.25, -0.2) is 13.1 Å². The maximum atomic E-state index is 12.3. The van der Waals surface area contributed by atoms with E-state index >= 15 is 0 Å². The third kappa shape index (κ3) is 5.36. The zero-order valence-electron chi connectivity index (χ0n) is 14.3. The first kappa shape index (κ1) is 19.6. The van der Waals surface area contributed by atoms with Crippen molar-refractivity contribution >= 4 is 21.6 Å². The van der Waals surface area contributed by atoms with E-state index in [1.54, 1.807) is 18.2 Å². The predicted molar refractivity (Wildman–Crippen MR) is 99.1 cm³/mol. The molecule has 7 heteroatoms. The van der Waals surface area contributed by atoms with E-state index in [4.69, 9.17) is 21.1 Å². The zero-order chi connectivity index (χ0) is 18.3. The van der Waals surface area contributed by atoms with Crippen molar-refractivity contribution < 1.29 is 17.9 Å². The molecule has 0 aliphatic rings. The van der Waals surface area contributed by atoms with Gasteiger partial charge in [-0.2, -0.15) is 0 Å². The van der Waals surface area contributed by atoms with Crippen LogP contribution in [0.4, 0.5) is 0 Å². The van der Waals surface area contributed by atoms with Crippen LogP contribution in [-0.4, -0.2) is 28.2 Å². The van der Waals surface area contributed by atoms with E-state index in [1.807, 2.05) is 32.0 Å².